The maximum Gasteiger partial charge on any atom is 0.0431 e. The largest absolute Gasteiger partial charge is 0.396 e. The van der Waals surface area contributed by atoms with Gasteiger partial charge in [-0.05, 0) is 48.9 Å². The normalized spacial score (nSPS) is 13.7. The predicted octanol–water partition coefficient (Wildman–Crippen LogP) is 3.33. The van der Waals surface area contributed by atoms with Crippen molar-refractivity contribution in [2.45, 2.75) is 52.0 Å². The molecule has 0 aliphatic carbocycles. The summed E-state index contributed by atoms with van der Waals surface area (Å²) in [5, 5.41) is 12.3. The van der Waals surface area contributed by atoms with Gasteiger partial charge in [0.2, 0.25) is 0 Å². The molecule has 0 fully saturated rings. The SMILES string of the molecule is CNC(CCCO)c1ccc(C(C)(C)C)cc1C. The van der Waals surface area contributed by atoms with Gasteiger partial charge in [0.1, 0.15) is 0 Å². The van der Waals surface area contributed by atoms with Crippen molar-refractivity contribution >= 4 is 0 Å². The Morgan fingerprint density at radius 1 is 1.28 bits per heavy atom. The second-order valence-electron chi connectivity index (χ2n) is 6.03. The van der Waals surface area contributed by atoms with E-state index in [9.17, 15) is 0 Å². The van der Waals surface area contributed by atoms with Gasteiger partial charge in [0, 0.05) is 12.6 Å². The van der Waals surface area contributed by atoms with Crippen LogP contribution in [0.25, 0.3) is 0 Å². The fourth-order valence-electron chi connectivity index (χ4n) is 2.28. The minimum Gasteiger partial charge on any atom is -0.396 e. The summed E-state index contributed by atoms with van der Waals surface area (Å²) in [5.41, 5.74) is 4.25. The van der Waals surface area contributed by atoms with Crippen LogP contribution in [0.15, 0.2) is 18.2 Å². The molecule has 0 aliphatic rings. The van der Waals surface area contributed by atoms with Crippen LogP contribution in [0.5, 0.6) is 0 Å². The molecule has 102 valence electrons. The fraction of sp³-hybridized carbons (Fsp3) is 0.625. The number of aliphatic hydroxyl groups excluding tert-OH is 1. The number of hydrogen-bond donors (Lipinski definition) is 2. The highest BCUT2D eigenvalue weighted by Gasteiger charge is 2.17. The van der Waals surface area contributed by atoms with Gasteiger partial charge in [-0.3, -0.25) is 0 Å². The van der Waals surface area contributed by atoms with Crippen LogP contribution in [0.4, 0.5) is 0 Å². The Kier molecular flexibility index (Phi) is 5.36. The molecule has 18 heavy (non-hydrogen) atoms. The lowest BCUT2D eigenvalue weighted by atomic mass is 9.84. The van der Waals surface area contributed by atoms with E-state index >= 15 is 0 Å². The van der Waals surface area contributed by atoms with Crippen LogP contribution < -0.4 is 5.32 Å². The van der Waals surface area contributed by atoms with Crippen molar-refractivity contribution in [3.05, 3.63) is 34.9 Å². The van der Waals surface area contributed by atoms with E-state index in [1.54, 1.807) is 0 Å². The molecule has 1 unspecified atom stereocenters. The van der Waals surface area contributed by atoms with Crippen LogP contribution in [0, 0.1) is 6.92 Å². The first-order valence-corrected chi connectivity index (χ1v) is 6.79. The average molecular weight is 249 g/mol. The lowest BCUT2D eigenvalue weighted by molar-refractivity contribution is 0.276. The molecule has 0 heterocycles. The van der Waals surface area contributed by atoms with Gasteiger partial charge in [0.15, 0.2) is 0 Å². The van der Waals surface area contributed by atoms with Gasteiger partial charge >= 0.3 is 0 Å². The summed E-state index contributed by atoms with van der Waals surface area (Å²) in [4.78, 5) is 0. The van der Waals surface area contributed by atoms with Crippen LogP contribution in [0.3, 0.4) is 0 Å². The summed E-state index contributed by atoms with van der Waals surface area (Å²) in [6.45, 7) is 9.15. The first-order valence-electron chi connectivity index (χ1n) is 6.79. The van der Waals surface area contributed by atoms with E-state index in [4.69, 9.17) is 5.11 Å². The highest BCUT2D eigenvalue weighted by Crippen LogP contribution is 2.28. The highest BCUT2D eigenvalue weighted by molar-refractivity contribution is 5.36. The van der Waals surface area contributed by atoms with Crippen LogP contribution >= 0.6 is 0 Å². The Labute approximate surface area is 111 Å². The second-order valence-corrected chi connectivity index (χ2v) is 6.03. The summed E-state index contributed by atoms with van der Waals surface area (Å²) in [5.74, 6) is 0. The molecule has 0 aromatic heterocycles. The lowest BCUT2D eigenvalue weighted by Gasteiger charge is -2.23. The zero-order valence-corrected chi connectivity index (χ0v) is 12.4. The molecule has 0 saturated carbocycles. The first-order chi connectivity index (χ1) is 8.40. The first kappa shape index (κ1) is 15.2. The van der Waals surface area contributed by atoms with E-state index in [0.717, 1.165) is 12.8 Å². The van der Waals surface area contributed by atoms with E-state index in [0.29, 0.717) is 6.04 Å². The Morgan fingerprint density at radius 2 is 1.94 bits per heavy atom. The zero-order chi connectivity index (χ0) is 13.8. The summed E-state index contributed by atoms with van der Waals surface area (Å²) >= 11 is 0. The summed E-state index contributed by atoms with van der Waals surface area (Å²) in [6.07, 6.45) is 1.81. The van der Waals surface area contributed by atoms with Gasteiger partial charge < -0.3 is 10.4 Å². The maximum absolute atomic E-state index is 8.95. The molecule has 2 heteroatoms. The van der Waals surface area contributed by atoms with Crippen molar-refractivity contribution < 1.29 is 5.11 Å². The van der Waals surface area contributed by atoms with Crippen molar-refractivity contribution in [1.29, 1.82) is 0 Å². The topological polar surface area (TPSA) is 32.3 Å². The predicted molar refractivity (Wildman–Crippen MR) is 78.0 cm³/mol. The monoisotopic (exact) mass is 249 g/mol. The number of aliphatic hydroxyl groups is 1. The van der Waals surface area contributed by atoms with Crippen molar-refractivity contribution in [2.75, 3.05) is 13.7 Å². The quantitative estimate of drug-likeness (QED) is 0.839. The molecule has 1 aromatic rings. The minimum absolute atomic E-state index is 0.198. The van der Waals surface area contributed by atoms with Gasteiger partial charge in [-0.2, -0.15) is 0 Å². The third-order valence-corrected chi connectivity index (χ3v) is 3.51. The second kappa shape index (κ2) is 6.35. The molecule has 2 nitrogen and oxygen atoms in total. The van der Waals surface area contributed by atoms with Crippen molar-refractivity contribution in [3.63, 3.8) is 0 Å². The smallest absolute Gasteiger partial charge is 0.0431 e. The Morgan fingerprint density at radius 3 is 2.39 bits per heavy atom. The van der Waals surface area contributed by atoms with Crippen LogP contribution in [0.1, 0.15) is 56.3 Å². The van der Waals surface area contributed by atoms with Crippen molar-refractivity contribution in [3.8, 4) is 0 Å². The van der Waals surface area contributed by atoms with E-state index in [1.807, 2.05) is 7.05 Å². The van der Waals surface area contributed by atoms with E-state index in [2.05, 4.69) is 51.2 Å². The Bertz CT molecular complexity index is 379. The fourth-order valence-corrected chi connectivity index (χ4v) is 2.28. The molecule has 1 rings (SSSR count). The lowest BCUT2D eigenvalue weighted by Crippen LogP contribution is -2.19. The van der Waals surface area contributed by atoms with Crippen molar-refractivity contribution in [2.24, 2.45) is 0 Å². The van der Waals surface area contributed by atoms with Crippen molar-refractivity contribution in [1.82, 2.24) is 5.32 Å². The summed E-state index contributed by atoms with van der Waals surface area (Å²) in [6, 6.07) is 7.09. The number of hydrogen-bond acceptors (Lipinski definition) is 2. The highest BCUT2D eigenvalue weighted by atomic mass is 16.2. The van der Waals surface area contributed by atoms with Crippen LogP contribution in [-0.2, 0) is 5.41 Å². The molecule has 2 N–H and O–H groups in total. The van der Waals surface area contributed by atoms with E-state index in [1.165, 1.54) is 16.7 Å². The van der Waals surface area contributed by atoms with Crippen LogP contribution in [0.2, 0.25) is 0 Å². The molecule has 1 atom stereocenters. The maximum atomic E-state index is 8.95. The van der Waals surface area contributed by atoms with Gasteiger partial charge in [-0.25, -0.2) is 0 Å². The van der Waals surface area contributed by atoms with Gasteiger partial charge in [0.05, 0.1) is 0 Å². The standard InChI is InChI=1S/C16H27NO/c1-12-11-13(16(2,3)4)8-9-14(12)15(17-5)7-6-10-18/h8-9,11,15,17-18H,6-7,10H2,1-5H3. The molecule has 0 aliphatic heterocycles. The molecule has 0 spiro atoms. The summed E-state index contributed by atoms with van der Waals surface area (Å²) < 4.78 is 0. The third kappa shape index (κ3) is 3.82. The minimum atomic E-state index is 0.198. The van der Waals surface area contributed by atoms with E-state index < -0.39 is 0 Å². The Hall–Kier alpha value is -0.860. The number of benzene rings is 1. The number of nitrogens with one attached hydrogen (secondary N) is 1. The van der Waals surface area contributed by atoms with E-state index in [-0.39, 0.29) is 12.0 Å². The van der Waals surface area contributed by atoms with Crippen LogP contribution in [-0.4, -0.2) is 18.8 Å². The molecule has 0 radical (unpaired) electrons. The van der Waals surface area contributed by atoms with Gasteiger partial charge in [0.25, 0.3) is 0 Å². The van der Waals surface area contributed by atoms with Gasteiger partial charge in [-0.1, -0.05) is 39.0 Å². The molecule has 0 amide bonds. The third-order valence-electron chi connectivity index (χ3n) is 3.51. The molecule has 1 aromatic carbocycles. The number of aryl methyl sites for hydroxylation is 1. The average Bonchev–Trinajstić information content (AvgIpc) is 2.30. The zero-order valence-electron chi connectivity index (χ0n) is 12.4. The van der Waals surface area contributed by atoms with Gasteiger partial charge in [-0.15, -0.1) is 0 Å². The summed E-state index contributed by atoms with van der Waals surface area (Å²) in [7, 11) is 1.99. The Balaban J connectivity index is 2.96. The molecule has 0 bridgehead atoms. The molecule has 0 saturated heterocycles. The number of rotatable bonds is 5. The molecular formula is C16H27NO. The molecular weight excluding hydrogens is 222 g/mol.